The van der Waals surface area contributed by atoms with Crippen molar-refractivity contribution in [1.29, 1.82) is 0 Å². The number of nitrogens with one attached hydrogen (secondary N) is 1. The Bertz CT molecular complexity index is 687. The first-order valence-electron chi connectivity index (χ1n) is 8.11. The third kappa shape index (κ3) is 3.97. The van der Waals surface area contributed by atoms with Gasteiger partial charge in [-0.3, -0.25) is 4.79 Å². The molecule has 3 rings (SSSR count). The van der Waals surface area contributed by atoms with E-state index in [0.717, 1.165) is 6.42 Å². The summed E-state index contributed by atoms with van der Waals surface area (Å²) < 4.78 is 23.5. The van der Waals surface area contributed by atoms with Gasteiger partial charge in [-0.1, -0.05) is 5.16 Å². The maximum atomic E-state index is 12.9. The molecular weight excluding hydrogens is 313 g/mol. The van der Waals surface area contributed by atoms with Crippen LogP contribution in [0.3, 0.4) is 0 Å². The molecule has 0 spiro atoms. The monoisotopic (exact) mass is 333 g/mol. The highest BCUT2D eigenvalue weighted by atomic mass is 19.1. The lowest BCUT2D eigenvalue weighted by Gasteiger charge is -2.13. The number of hydrogen-bond donors (Lipinski definition) is 1. The third-order valence-electron chi connectivity index (χ3n) is 4.15. The summed E-state index contributed by atoms with van der Waals surface area (Å²) in [7, 11) is 0. The van der Waals surface area contributed by atoms with Crippen LogP contribution in [0.5, 0.6) is 0 Å². The number of halogens is 1. The first-order valence-corrected chi connectivity index (χ1v) is 8.11. The van der Waals surface area contributed by atoms with E-state index >= 15 is 0 Å². The number of rotatable bonds is 6. The van der Waals surface area contributed by atoms with E-state index in [1.165, 1.54) is 12.1 Å². The smallest absolute Gasteiger partial charge is 0.227 e. The van der Waals surface area contributed by atoms with Gasteiger partial charge in [-0.05, 0) is 44.0 Å². The number of nitrogens with zero attached hydrogens (tertiary/aromatic N) is 2. The normalized spacial score (nSPS) is 20.2. The molecule has 1 amide bonds. The maximum Gasteiger partial charge on any atom is 0.227 e. The molecule has 1 saturated heterocycles. The van der Waals surface area contributed by atoms with Crippen LogP contribution in [0.1, 0.15) is 25.7 Å². The Balaban J connectivity index is 1.44. The van der Waals surface area contributed by atoms with Crippen LogP contribution in [0.2, 0.25) is 0 Å². The summed E-state index contributed by atoms with van der Waals surface area (Å²) in [6.45, 7) is 3.12. The van der Waals surface area contributed by atoms with Gasteiger partial charge in [0.1, 0.15) is 5.82 Å². The van der Waals surface area contributed by atoms with Gasteiger partial charge in [-0.2, -0.15) is 4.98 Å². The standard InChI is InChI=1S/C17H20FN3O3/c1-11-14(8-10-23-11)17(22)19-9-2-3-15-20-16(21-24-15)12-4-6-13(18)7-5-12/h4-7,11,14H,2-3,8-10H2,1H3,(H,19,22)/t11-,14-/m0/s1. The number of benzene rings is 1. The Kier molecular flexibility index (Phi) is 5.20. The van der Waals surface area contributed by atoms with Crippen LogP contribution in [0, 0.1) is 11.7 Å². The maximum absolute atomic E-state index is 12.9. The quantitative estimate of drug-likeness (QED) is 0.821. The molecule has 1 aliphatic heterocycles. The highest BCUT2D eigenvalue weighted by Gasteiger charge is 2.30. The van der Waals surface area contributed by atoms with E-state index in [9.17, 15) is 9.18 Å². The Morgan fingerprint density at radius 3 is 2.88 bits per heavy atom. The first-order chi connectivity index (χ1) is 11.6. The number of hydrogen-bond acceptors (Lipinski definition) is 5. The second-order valence-corrected chi connectivity index (χ2v) is 5.88. The van der Waals surface area contributed by atoms with Crippen molar-refractivity contribution in [1.82, 2.24) is 15.5 Å². The largest absolute Gasteiger partial charge is 0.378 e. The van der Waals surface area contributed by atoms with E-state index < -0.39 is 0 Å². The molecule has 1 N–H and O–H groups in total. The molecule has 1 fully saturated rings. The third-order valence-corrected chi connectivity index (χ3v) is 4.15. The Morgan fingerprint density at radius 1 is 1.38 bits per heavy atom. The Hall–Kier alpha value is -2.28. The van der Waals surface area contributed by atoms with E-state index in [1.807, 2.05) is 6.92 Å². The minimum absolute atomic E-state index is 0.0146. The molecule has 0 saturated carbocycles. The van der Waals surface area contributed by atoms with Crippen LogP contribution in [-0.4, -0.2) is 35.3 Å². The van der Waals surface area contributed by atoms with Crippen molar-refractivity contribution in [2.45, 2.75) is 32.3 Å². The average Bonchev–Trinajstić information content (AvgIpc) is 3.21. The van der Waals surface area contributed by atoms with Gasteiger partial charge in [-0.15, -0.1) is 0 Å². The molecule has 1 aromatic heterocycles. The van der Waals surface area contributed by atoms with Crippen LogP contribution in [0.25, 0.3) is 11.4 Å². The van der Waals surface area contributed by atoms with Gasteiger partial charge in [-0.25, -0.2) is 4.39 Å². The van der Waals surface area contributed by atoms with Crippen molar-refractivity contribution in [3.05, 3.63) is 36.0 Å². The zero-order valence-electron chi connectivity index (χ0n) is 13.5. The predicted molar refractivity (Wildman–Crippen MR) is 84.5 cm³/mol. The van der Waals surface area contributed by atoms with Gasteiger partial charge in [0.2, 0.25) is 17.6 Å². The van der Waals surface area contributed by atoms with Gasteiger partial charge in [0, 0.05) is 25.1 Å². The molecule has 0 unspecified atom stereocenters. The van der Waals surface area contributed by atoms with E-state index in [-0.39, 0.29) is 23.7 Å². The Morgan fingerprint density at radius 2 is 2.17 bits per heavy atom. The van der Waals surface area contributed by atoms with Gasteiger partial charge >= 0.3 is 0 Å². The van der Waals surface area contributed by atoms with Crippen molar-refractivity contribution in [3.63, 3.8) is 0 Å². The number of ether oxygens (including phenoxy) is 1. The minimum atomic E-state index is -0.305. The van der Waals surface area contributed by atoms with Crippen molar-refractivity contribution < 1.29 is 18.4 Å². The highest BCUT2D eigenvalue weighted by Crippen LogP contribution is 2.20. The van der Waals surface area contributed by atoms with Gasteiger partial charge in [0.15, 0.2) is 0 Å². The van der Waals surface area contributed by atoms with Crippen LogP contribution in [0.4, 0.5) is 4.39 Å². The molecular formula is C17H20FN3O3. The highest BCUT2D eigenvalue weighted by molar-refractivity contribution is 5.79. The topological polar surface area (TPSA) is 77.2 Å². The molecule has 0 aliphatic carbocycles. The summed E-state index contributed by atoms with van der Waals surface area (Å²) in [5, 5.41) is 6.81. The van der Waals surface area contributed by atoms with Gasteiger partial charge in [0.05, 0.1) is 12.0 Å². The van der Waals surface area contributed by atoms with Crippen LogP contribution < -0.4 is 5.32 Å². The molecule has 7 heteroatoms. The molecule has 24 heavy (non-hydrogen) atoms. The summed E-state index contributed by atoms with van der Waals surface area (Å²) in [5.41, 5.74) is 0.704. The molecule has 1 aliphatic rings. The summed E-state index contributed by atoms with van der Waals surface area (Å²) >= 11 is 0. The van der Waals surface area contributed by atoms with Crippen LogP contribution in [-0.2, 0) is 16.0 Å². The molecule has 0 bridgehead atoms. The number of aryl methyl sites for hydroxylation is 1. The molecule has 2 atom stereocenters. The minimum Gasteiger partial charge on any atom is -0.378 e. The molecule has 1 aromatic carbocycles. The average molecular weight is 333 g/mol. The SMILES string of the molecule is C[C@@H]1OCC[C@@H]1C(=O)NCCCc1nc(-c2ccc(F)cc2)no1. The second kappa shape index (κ2) is 7.53. The molecule has 128 valence electrons. The lowest BCUT2D eigenvalue weighted by Crippen LogP contribution is -2.34. The van der Waals surface area contributed by atoms with Crippen molar-refractivity contribution >= 4 is 5.91 Å². The first kappa shape index (κ1) is 16.6. The number of amides is 1. The van der Waals surface area contributed by atoms with Gasteiger partial charge < -0.3 is 14.6 Å². The van der Waals surface area contributed by atoms with E-state index in [2.05, 4.69) is 15.5 Å². The fourth-order valence-corrected chi connectivity index (χ4v) is 2.73. The fourth-order valence-electron chi connectivity index (χ4n) is 2.73. The van der Waals surface area contributed by atoms with Crippen LogP contribution in [0.15, 0.2) is 28.8 Å². The van der Waals surface area contributed by atoms with Gasteiger partial charge in [0.25, 0.3) is 0 Å². The van der Waals surface area contributed by atoms with E-state index in [1.54, 1.807) is 12.1 Å². The summed E-state index contributed by atoms with van der Waals surface area (Å²) in [6, 6.07) is 5.92. The predicted octanol–water partition coefficient (Wildman–Crippen LogP) is 2.35. The summed E-state index contributed by atoms with van der Waals surface area (Å²) in [5.74, 6) is 0.614. The molecule has 2 aromatic rings. The van der Waals surface area contributed by atoms with E-state index in [4.69, 9.17) is 9.26 Å². The van der Waals surface area contributed by atoms with Crippen LogP contribution >= 0.6 is 0 Å². The fraction of sp³-hybridized carbons (Fsp3) is 0.471. The summed E-state index contributed by atoms with van der Waals surface area (Å²) in [6.07, 6.45) is 2.04. The van der Waals surface area contributed by atoms with Crippen molar-refractivity contribution in [2.24, 2.45) is 5.92 Å². The number of aromatic nitrogens is 2. The molecule has 2 heterocycles. The second-order valence-electron chi connectivity index (χ2n) is 5.88. The van der Waals surface area contributed by atoms with Crippen molar-refractivity contribution in [3.8, 4) is 11.4 Å². The van der Waals surface area contributed by atoms with Crippen molar-refractivity contribution in [2.75, 3.05) is 13.2 Å². The molecule has 0 radical (unpaired) electrons. The number of carbonyl (C=O) groups is 1. The van der Waals surface area contributed by atoms with E-state index in [0.29, 0.717) is 43.3 Å². The lowest BCUT2D eigenvalue weighted by atomic mass is 10.0. The molecule has 6 nitrogen and oxygen atoms in total. The lowest BCUT2D eigenvalue weighted by molar-refractivity contribution is -0.126. The zero-order chi connectivity index (χ0) is 16.9. The summed E-state index contributed by atoms with van der Waals surface area (Å²) in [4.78, 5) is 16.3. The zero-order valence-corrected chi connectivity index (χ0v) is 13.5. The Labute approximate surface area is 139 Å². The number of carbonyl (C=O) groups excluding carboxylic acids is 1.